The molecule has 0 aliphatic rings. The third-order valence-electron chi connectivity index (χ3n) is 10.3. The average Bonchev–Trinajstić information content (AvgIpc) is 3.75. The maximum Gasteiger partial charge on any atom is 0.145 e. The van der Waals surface area contributed by atoms with E-state index >= 15 is 0 Å². The Morgan fingerprint density at radius 1 is 0.509 bits per heavy atom. The van der Waals surface area contributed by atoms with E-state index in [0.717, 1.165) is 72.2 Å². The van der Waals surface area contributed by atoms with Crippen LogP contribution in [0.4, 0.5) is 17.1 Å². The van der Waals surface area contributed by atoms with Gasteiger partial charge in [-0.3, -0.25) is 0 Å². The Bertz CT molecular complexity index is 2940. The largest absolute Gasteiger partial charge is 0.455 e. The number of aryl methyl sites for hydroxylation is 1. The number of rotatable bonds is 6. The lowest BCUT2D eigenvalue weighted by Gasteiger charge is -2.26. The topological polar surface area (TPSA) is 21.3 Å². The fourth-order valence-corrected chi connectivity index (χ4v) is 8.06. The SMILES string of the molecule is Cc1ccc(-n2c3ccccc3c3cc(-c4cc(Cl)cc(N(c5ccccc5)c5ccc(-c6ccccc6)cc5)c4)c4oc5ccccc5c4c32)cc1. The smallest absolute Gasteiger partial charge is 0.145 e. The van der Waals surface area contributed by atoms with Crippen LogP contribution in [-0.4, -0.2) is 4.57 Å². The van der Waals surface area contributed by atoms with Crippen LogP contribution < -0.4 is 4.90 Å². The summed E-state index contributed by atoms with van der Waals surface area (Å²) in [5.74, 6) is 0. The molecule has 2 aromatic heterocycles. The van der Waals surface area contributed by atoms with Crippen LogP contribution in [-0.2, 0) is 0 Å². The highest BCUT2D eigenvalue weighted by Gasteiger charge is 2.24. The summed E-state index contributed by atoms with van der Waals surface area (Å²) in [4.78, 5) is 2.27. The molecule has 0 amide bonds. The second-order valence-electron chi connectivity index (χ2n) is 13.6. The van der Waals surface area contributed by atoms with Crippen LogP contribution >= 0.6 is 11.6 Å². The molecule has 0 bridgehead atoms. The lowest BCUT2D eigenvalue weighted by molar-refractivity contribution is 0.670. The van der Waals surface area contributed by atoms with E-state index in [0.29, 0.717) is 5.02 Å². The molecule has 0 saturated carbocycles. The van der Waals surface area contributed by atoms with Gasteiger partial charge in [-0.15, -0.1) is 0 Å². The highest BCUT2D eigenvalue weighted by molar-refractivity contribution is 6.32. The van der Waals surface area contributed by atoms with Crippen molar-refractivity contribution in [2.75, 3.05) is 4.90 Å². The molecule has 2 heterocycles. The predicted molar refractivity (Wildman–Crippen MR) is 223 cm³/mol. The van der Waals surface area contributed by atoms with Gasteiger partial charge < -0.3 is 13.9 Å². The maximum absolute atomic E-state index is 7.10. The van der Waals surface area contributed by atoms with Gasteiger partial charge in [-0.1, -0.05) is 126 Å². The third kappa shape index (κ3) is 5.28. The first kappa shape index (κ1) is 31.2. The fourth-order valence-electron chi connectivity index (χ4n) is 7.83. The van der Waals surface area contributed by atoms with E-state index in [1.807, 2.05) is 24.3 Å². The summed E-state index contributed by atoms with van der Waals surface area (Å²) in [5, 5.41) is 5.15. The number of anilines is 3. The number of fused-ring (bicyclic) bond motifs is 7. The Kier molecular flexibility index (Phi) is 7.41. The highest BCUT2D eigenvalue weighted by Crippen LogP contribution is 2.47. The number of hydrogen-bond donors (Lipinski definition) is 0. The van der Waals surface area contributed by atoms with Crippen molar-refractivity contribution in [1.29, 1.82) is 0 Å². The van der Waals surface area contributed by atoms with Crippen LogP contribution in [0.1, 0.15) is 5.56 Å². The number of furan rings is 1. The standard InChI is InChI=1S/C49H33ClN2O/c1-32-20-24-39(25-21-32)52-45-18-10-8-16-41(45)44-31-43(49-47(48(44)52)42-17-9-11-19-46(42)53-49)35-28-36(50)30-40(29-35)51(37-14-6-3-7-15-37)38-26-22-34(23-27-38)33-12-4-2-5-13-33/h2-31H,1H3. The molecule has 4 heteroatoms. The van der Waals surface area contributed by atoms with Gasteiger partial charge in [0.05, 0.1) is 16.4 Å². The molecule has 3 nitrogen and oxygen atoms in total. The van der Waals surface area contributed by atoms with E-state index in [1.54, 1.807) is 0 Å². The molecular weight excluding hydrogens is 668 g/mol. The molecule has 0 atom stereocenters. The monoisotopic (exact) mass is 700 g/mol. The number of halogens is 1. The molecule has 8 aromatic carbocycles. The van der Waals surface area contributed by atoms with Gasteiger partial charge in [0.15, 0.2) is 0 Å². The highest BCUT2D eigenvalue weighted by atomic mass is 35.5. The summed E-state index contributed by atoms with van der Waals surface area (Å²) >= 11 is 7.10. The molecule has 0 aliphatic heterocycles. The number of nitrogens with zero attached hydrogens (tertiary/aromatic N) is 2. The molecule has 0 saturated heterocycles. The summed E-state index contributed by atoms with van der Waals surface area (Å²) in [6.45, 7) is 2.13. The van der Waals surface area contributed by atoms with E-state index in [2.05, 4.69) is 174 Å². The summed E-state index contributed by atoms with van der Waals surface area (Å²) in [6.07, 6.45) is 0. The second kappa shape index (κ2) is 12.6. The molecule has 0 N–H and O–H groups in total. The molecular formula is C49H33ClN2O. The molecule has 0 unspecified atom stereocenters. The Labute approximate surface area is 312 Å². The Morgan fingerprint density at radius 2 is 1.15 bits per heavy atom. The minimum Gasteiger partial charge on any atom is -0.455 e. The number of aromatic nitrogens is 1. The molecule has 10 aromatic rings. The zero-order chi connectivity index (χ0) is 35.5. The molecule has 0 fully saturated rings. The van der Waals surface area contributed by atoms with Gasteiger partial charge in [0, 0.05) is 49.5 Å². The molecule has 0 radical (unpaired) electrons. The van der Waals surface area contributed by atoms with Crippen LogP contribution in [0, 0.1) is 6.92 Å². The minimum atomic E-state index is 0.644. The number of benzene rings is 8. The van der Waals surface area contributed by atoms with Gasteiger partial charge in [-0.25, -0.2) is 0 Å². The lowest BCUT2D eigenvalue weighted by atomic mass is 9.97. The van der Waals surface area contributed by atoms with Crippen molar-refractivity contribution in [3.63, 3.8) is 0 Å². The van der Waals surface area contributed by atoms with Crippen LogP contribution in [0.15, 0.2) is 186 Å². The summed E-state index contributed by atoms with van der Waals surface area (Å²) in [7, 11) is 0. The van der Waals surface area contributed by atoms with Crippen molar-refractivity contribution < 1.29 is 4.42 Å². The quantitative estimate of drug-likeness (QED) is 0.172. The van der Waals surface area contributed by atoms with E-state index in [-0.39, 0.29) is 0 Å². The summed E-state index contributed by atoms with van der Waals surface area (Å²) < 4.78 is 9.23. The molecule has 53 heavy (non-hydrogen) atoms. The Balaban J connectivity index is 1.23. The number of hydrogen-bond acceptors (Lipinski definition) is 2. The van der Waals surface area contributed by atoms with Gasteiger partial charge in [0.1, 0.15) is 11.2 Å². The predicted octanol–water partition coefficient (Wildman–Crippen LogP) is 14.4. The maximum atomic E-state index is 7.10. The van der Waals surface area contributed by atoms with Crippen molar-refractivity contribution in [3.8, 4) is 27.9 Å². The molecule has 10 rings (SSSR count). The molecule has 0 spiro atoms. The minimum absolute atomic E-state index is 0.644. The van der Waals surface area contributed by atoms with E-state index < -0.39 is 0 Å². The summed E-state index contributed by atoms with van der Waals surface area (Å²) in [5.41, 5.74) is 13.7. The van der Waals surface area contributed by atoms with Crippen molar-refractivity contribution in [1.82, 2.24) is 4.57 Å². The van der Waals surface area contributed by atoms with Crippen molar-refractivity contribution in [2.45, 2.75) is 6.92 Å². The van der Waals surface area contributed by atoms with E-state index in [4.69, 9.17) is 16.0 Å². The average molecular weight is 701 g/mol. The zero-order valence-corrected chi connectivity index (χ0v) is 29.8. The van der Waals surface area contributed by atoms with E-state index in [9.17, 15) is 0 Å². The lowest BCUT2D eigenvalue weighted by Crippen LogP contribution is -2.10. The Morgan fingerprint density at radius 3 is 1.92 bits per heavy atom. The first-order chi connectivity index (χ1) is 26.1. The Hall–Kier alpha value is -6.55. The van der Waals surface area contributed by atoms with Crippen molar-refractivity contribution >= 4 is 72.4 Å². The first-order valence-electron chi connectivity index (χ1n) is 17.9. The van der Waals surface area contributed by atoms with Crippen molar-refractivity contribution in [2.24, 2.45) is 0 Å². The second-order valence-corrected chi connectivity index (χ2v) is 14.0. The molecule has 0 aliphatic carbocycles. The fraction of sp³-hybridized carbons (Fsp3) is 0.0204. The van der Waals surface area contributed by atoms with Crippen LogP contribution in [0.25, 0.3) is 71.7 Å². The normalized spacial score (nSPS) is 11.6. The molecule has 252 valence electrons. The summed E-state index contributed by atoms with van der Waals surface area (Å²) in [6, 6.07) is 64.1. The van der Waals surface area contributed by atoms with Crippen LogP contribution in [0.5, 0.6) is 0 Å². The first-order valence-corrected chi connectivity index (χ1v) is 18.2. The van der Waals surface area contributed by atoms with E-state index in [1.165, 1.54) is 22.1 Å². The van der Waals surface area contributed by atoms with Gasteiger partial charge >= 0.3 is 0 Å². The number of para-hydroxylation sites is 3. The van der Waals surface area contributed by atoms with Crippen LogP contribution in [0.3, 0.4) is 0 Å². The van der Waals surface area contributed by atoms with Gasteiger partial charge in [0.2, 0.25) is 0 Å². The third-order valence-corrected chi connectivity index (χ3v) is 10.5. The van der Waals surface area contributed by atoms with Gasteiger partial charge in [-0.2, -0.15) is 0 Å². The van der Waals surface area contributed by atoms with Crippen molar-refractivity contribution in [3.05, 3.63) is 193 Å². The van der Waals surface area contributed by atoms with Crippen LogP contribution in [0.2, 0.25) is 5.02 Å². The van der Waals surface area contributed by atoms with Gasteiger partial charge in [-0.05, 0) is 96.4 Å². The zero-order valence-electron chi connectivity index (χ0n) is 29.0. The van der Waals surface area contributed by atoms with Gasteiger partial charge in [0.25, 0.3) is 0 Å².